The number of amides is 1. The molecule has 3 aromatic rings. The zero-order chi connectivity index (χ0) is 20.1. The maximum Gasteiger partial charge on any atom is 0.356 e. The number of carbonyl (C=O) groups excluding carboxylic acids is 1. The highest BCUT2D eigenvalue weighted by atomic mass is 35.5. The van der Waals surface area contributed by atoms with Gasteiger partial charge in [-0.05, 0) is 18.2 Å². The van der Waals surface area contributed by atoms with Gasteiger partial charge in [-0.3, -0.25) is 9.48 Å². The van der Waals surface area contributed by atoms with Gasteiger partial charge in [-0.25, -0.2) is 14.8 Å². The molecule has 10 heteroatoms. The van der Waals surface area contributed by atoms with E-state index in [1.807, 2.05) is 6.07 Å². The van der Waals surface area contributed by atoms with Crippen molar-refractivity contribution in [2.75, 3.05) is 6.54 Å². The molecular formula is C18H13ClN6O3. The number of benzene rings is 1. The van der Waals surface area contributed by atoms with Gasteiger partial charge in [0.25, 0.3) is 5.91 Å². The summed E-state index contributed by atoms with van der Waals surface area (Å²) in [6.45, 7) is 0.701. The smallest absolute Gasteiger partial charge is 0.356 e. The summed E-state index contributed by atoms with van der Waals surface area (Å²) in [7, 11) is 0. The normalized spacial score (nSPS) is 10.3. The summed E-state index contributed by atoms with van der Waals surface area (Å²) in [5, 5.41) is 25.1. The van der Waals surface area contributed by atoms with E-state index < -0.39 is 11.9 Å². The Kier molecular flexibility index (Phi) is 5.62. The van der Waals surface area contributed by atoms with Crippen LogP contribution in [0.15, 0.2) is 42.9 Å². The molecule has 1 amide bonds. The van der Waals surface area contributed by atoms with E-state index in [0.29, 0.717) is 22.8 Å². The van der Waals surface area contributed by atoms with Gasteiger partial charge in [-0.1, -0.05) is 17.7 Å². The molecule has 0 atom stereocenters. The van der Waals surface area contributed by atoms with Crippen LogP contribution in [0.2, 0.25) is 5.02 Å². The topological polar surface area (TPSA) is 134 Å². The molecule has 0 fully saturated rings. The van der Waals surface area contributed by atoms with Crippen LogP contribution in [0.4, 0.5) is 0 Å². The number of aromatic carboxylic acids is 1. The fourth-order valence-corrected chi connectivity index (χ4v) is 2.56. The number of nitrogens with zero attached hydrogens (tertiary/aromatic N) is 5. The van der Waals surface area contributed by atoms with Crippen LogP contribution in [-0.2, 0) is 6.54 Å². The second kappa shape index (κ2) is 8.28. The fourth-order valence-electron chi connectivity index (χ4n) is 2.34. The van der Waals surface area contributed by atoms with Crippen LogP contribution in [0.5, 0.6) is 0 Å². The molecule has 0 spiro atoms. The lowest BCUT2D eigenvalue weighted by Crippen LogP contribution is -2.28. The third kappa shape index (κ3) is 4.31. The van der Waals surface area contributed by atoms with E-state index in [9.17, 15) is 9.59 Å². The number of hydrogen-bond acceptors (Lipinski definition) is 6. The highest BCUT2D eigenvalue weighted by Gasteiger charge is 2.11. The molecular weight excluding hydrogens is 384 g/mol. The largest absolute Gasteiger partial charge is 0.476 e. The van der Waals surface area contributed by atoms with Crippen LogP contribution in [-0.4, -0.2) is 43.3 Å². The lowest BCUT2D eigenvalue weighted by atomic mass is 10.1. The molecule has 2 heterocycles. The second-order valence-electron chi connectivity index (χ2n) is 5.62. The fraction of sp³-hybridized carbons (Fsp3) is 0.111. The van der Waals surface area contributed by atoms with Crippen LogP contribution < -0.4 is 5.32 Å². The summed E-state index contributed by atoms with van der Waals surface area (Å²) in [6, 6.07) is 8.87. The van der Waals surface area contributed by atoms with E-state index in [0.717, 1.165) is 18.0 Å². The van der Waals surface area contributed by atoms with Crippen molar-refractivity contribution < 1.29 is 14.7 Å². The van der Waals surface area contributed by atoms with Crippen molar-refractivity contribution in [1.29, 1.82) is 5.26 Å². The minimum absolute atomic E-state index is 0.0263. The summed E-state index contributed by atoms with van der Waals surface area (Å²) >= 11 is 6.04. The summed E-state index contributed by atoms with van der Waals surface area (Å²) in [5.41, 5.74) is 1.65. The monoisotopic (exact) mass is 396 g/mol. The van der Waals surface area contributed by atoms with Crippen LogP contribution in [0.1, 0.15) is 26.5 Å². The molecule has 1 aromatic carbocycles. The van der Waals surface area contributed by atoms with Gasteiger partial charge in [0, 0.05) is 18.3 Å². The SMILES string of the molecule is N#Cc1ccc(-c2ccn(CCNC(=O)c3cnc(C(=O)O)cn3)n2)cc1Cl. The van der Waals surface area contributed by atoms with Crippen LogP contribution >= 0.6 is 11.6 Å². The van der Waals surface area contributed by atoms with Gasteiger partial charge in [0.15, 0.2) is 5.69 Å². The van der Waals surface area contributed by atoms with Gasteiger partial charge in [-0.2, -0.15) is 10.4 Å². The number of hydrogen-bond donors (Lipinski definition) is 2. The molecule has 140 valence electrons. The molecule has 9 nitrogen and oxygen atoms in total. The highest BCUT2D eigenvalue weighted by molar-refractivity contribution is 6.32. The highest BCUT2D eigenvalue weighted by Crippen LogP contribution is 2.24. The van der Waals surface area contributed by atoms with E-state index in [2.05, 4.69) is 20.4 Å². The molecule has 0 bridgehead atoms. The Hall–Kier alpha value is -3.77. The predicted octanol–water partition coefficient (Wildman–Crippen LogP) is 1.99. The number of carboxylic acid groups (broad SMARTS) is 1. The quantitative estimate of drug-likeness (QED) is 0.650. The Labute approximate surface area is 164 Å². The maximum absolute atomic E-state index is 12.0. The molecule has 0 aliphatic rings. The van der Waals surface area contributed by atoms with Gasteiger partial charge in [0.1, 0.15) is 11.8 Å². The van der Waals surface area contributed by atoms with Crippen molar-refractivity contribution >= 4 is 23.5 Å². The average molecular weight is 397 g/mol. The average Bonchev–Trinajstić information content (AvgIpc) is 3.17. The van der Waals surface area contributed by atoms with Crippen molar-refractivity contribution in [1.82, 2.24) is 25.1 Å². The van der Waals surface area contributed by atoms with Gasteiger partial charge < -0.3 is 10.4 Å². The van der Waals surface area contributed by atoms with E-state index in [1.54, 1.807) is 35.1 Å². The molecule has 0 saturated carbocycles. The van der Waals surface area contributed by atoms with Gasteiger partial charge in [0.2, 0.25) is 0 Å². The molecule has 2 aromatic heterocycles. The van der Waals surface area contributed by atoms with E-state index in [1.165, 1.54) is 0 Å². The third-order valence-electron chi connectivity index (χ3n) is 3.76. The predicted molar refractivity (Wildman–Crippen MR) is 98.7 cm³/mol. The van der Waals surface area contributed by atoms with Crippen molar-refractivity contribution in [3.63, 3.8) is 0 Å². The molecule has 3 rings (SSSR count). The number of carboxylic acids is 1. The second-order valence-corrected chi connectivity index (χ2v) is 6.03. The summed E-state index contributed by atoms with van der Waals surface area (Å²) in [6.07, 6.45) is 3.90. The van der Waals surface area contributed by atoms with Gasteiger partial charge in [0.05, 0.1) is 35.2 Å². The Bertz CT molecular complexity index is 1070. The van der Waals surface area contributed by atoms with Crippen molar-refractivity contribution in [2.24, 2.45) is 0 Å². The molecule has 28 heavy (non-hydrogen) atoms. The standard InChI is InChI=1S/C18H13ClN6O3/c19-13-7-11(1-2-12(13)8-20)14-3-5-25(24-14)6-4-21-17(26)15-9-23-16(10-22-15)18(27)28/h1-3,5,7,9-10H,4,6H2,(H,21,26)(H,27,28). The lowest BCUT2D eigenvalue weighted by Gasteiger charge is -2.05. The maximum atomic E-state index is 12.0. The zero-order valence-corrected chi connectivity index (χ0v) is 15.1. The zero-order valence-electron chi connectivity index (χ0n) is 14.3. The Morgan fingerprint density at radius 2 is 1.96 bits per heavy atom. The van der Waals surface area contributed by atoms with E-state index in [-0.39, 0.29) is 17.9 Å². The summed E-state index contributed by atoms with van der Waals surface area (Å²) in [4.78, 5) is 30.2. The Morgan fingerprint density at radius 3 is 2.61 bits per heavy atom. The molecule has 0 aliphatic carbocycles. The third-order valence-corrected chi connectivity index (χ3v) is 4.07. The molecule has 0 aliphatic heterocycles. The molecule has 0 saturated heterocycles. The number of nitrogens with one attached hydrogen (secondary N) is 1. The number of carbonyl (C=O) groups is 2. The first kappa shape index (κ1) is 19.0. The minimum Gasteiger partial charge on any atom is -0.476 e. The first-order valence-corrected chi connectivity index (χ1v) is 8.42. The number of rotatable bonds is 6. The first-order chi connectivity index (χ1) is 13.5. The minimum atomic E-state index is -1.21. The van der Waals surface area contributed by atoms with Crippen LogP contribution in [0, 0.1) is 11.3 Å². The number of halogens is 1. The van der Waals surface area contributed by atoms with Crippen molar-refractivity contribution in [2.45, 2.75) is 6.54 Å². The van der Waals surface area contributed by atoms with Crippen LogP contribution in [0.25, 0.3) is 11.3 Å². The lowest BCUT2D eigenvalue weighted by molar-refractivity contribution is 0.0689. The Balaban J connectivity index is 1.57. The molecule has 0 unspecified atom stereocenters. The van der Waals surface area contributed by atoms with E-state index >= 15 is 0 Å². The summed E-state index contributed by atoms with van der Waals surface area (Å²) in [5.74, 6) is -1.67. The van der Waals surface area contributed by atoms with E-state index in [4.69, 9.17) is 22.0 Å². The van der Waals surface area contributed by atoms with Gasteiger partial charge in [-0.15, -0.1) is 0 Å². The van der Waals surface area contributed by atoms with Crippen molar-refractivity contribution in [3.05, 3.63) is 64.8 Å². The molecule has 0 radical (unpaired) electrons. The number of aromatic nitrogens is 4. The van der Waals surface area contributed by atoms with Gasteiger partial charge >= 0.3 is 5.97 Å². The Morgan fingerprint density at radius 1 is 1.21 bits per heavy atom. The molecule has 2 N–H and O–H groups in total. The number of nitriles is 1. The van der Waals surface area contributed by atoms with Crippen molar-refractivity contribution in [3.8, 4) is 17.3 Å². The first-order valence-electron chi connectivity index (χ1n) is 8.05. The van der Waals surface area contributed by atoms with Crippen LogP contribution in [0.3, 0.4) is 0 Å². The summed E-state index contributed by atoms with van der Waals surface area (Å²) < 4.78 is 1.65.